The Kier molecular flexibility index (Phi) is 6.34. The van der Waals surface area contributed by atoms with Crippen LogP contribution in [0.25, 0.3) is 0 Å². The Hall–Kier alpha value is -2.38. The van der Waals surface area contributed by atoms with Gasteiger partial charge >= 0.3 is 0 Å². The third-order valence-corrected chi connectivity index (χ3v) is 8.19. The first kappa shape index (κ1) is 21.8. The van der Waals surface area contributed by atoms with Crippen LogP contribution in [0.2, 0.25) is 0 Å². The fourth-order valence-corrected chi connectivity index (χ4v) is 6.01. The van der Waals surface area contributed by atoms with Crippen LogP contribution in [-0.4, -0.2) is 51.9 Å². The topological polar surface area (TPSA) is 60.9 Å². The van der Waals surface area contributed by atoms with Crippen molar-refractivity contribution >= 4 is 27.3 Å². The number of nitrogens with zero attached hydrogens (tertiary/aromatic N) is 3. The first-order valence-corrected chi connectivity index (χ1v) is 12.6. The number of piperidine rings is 1. The SMILES string of the molecule is Cc1cccc(N(C)C(=O)c2cc(S(=O)(=O)N3CCCCC3)ccc2N2CCCC2)c1. The molecule has 4 rings (SSSR count). The number of amides is 1. The summed E-state index contributed by atoms with van der Waals surface area (Å²) in [6.45, 7) is 4.84. The van der Waals surface area contributed by atoms with Crippen molar-refractivity contribution in [3.63, 3.8) is 0 Å². The highest BCUT2D eigenvalue weighted by atomic mass is 32.2. The maximum absolute atomic E-state index is 13.6. The number of rotatable bonds is 5. The molecule has 0 spiro atoms. The van der Waals surface area contributed by atoms with Gasteiger partial charge in [-0.15, -0.1) is 0 Å². The second-order valence-corrected chi connectivity index (χ2v) is 10.5. The molecule has 0 aliphatic carbocycles. The smallest absolute Gasteiger partial charge is 0.260 e. The molecule has 0 unspecified atom stereocenters. The van der Waals surface area contributed by atoms with Gasteiger partial charge in [-0.3, -0.25) is 4.79 Å². The Labute approximate surface area is 185 Å². The number of hydrogen-bond acceptors (Lipinski definition) is 4. The summed E-state index contributed by atoms with van der Waals surface area (Å²) in [5.41, 5.74) is 3.13. The molecule has 0 saturated carbocycles. The maximum atomic E-state index is 13.6. The lowest BCUT2D eigenvalue weighted by atomic mass is 10.1. The van der Waals surface area contributed by atoms with Crippen molar-refractivity contribution in [1.29, 1.82) is 0 Å². The predicted octanol–water partition coefficient (Wildman–Crippen LogP) is 4.05. The minimum Gasteiger partial charge on any atom is -0.371 e. The number of sulfonamides is 1. The highest BCUT2D eigenvalue weighted by Crippen LogP contribution is 2.31. The molecule has 0 atom stereocenters. The molecular weight excluding hydrogens is 410 g/mol. The van der Waals surface area contributed by atoms with Crippen LogP contribution in [0.1, 0.15) is 48.0 Å². The molecule has 2 fully saturated rings. The van der Waals surface area contributed by atoms with E-state index in [0.29, 0.717) is 18.7 Å². The van der Waals surface area contributed by atoms with Gasteiger partial charge in [0.2, 0.25) is 10.0 Å². The van der Waals surface area contributed by atoms with Gasteiger partial charge in [0.15, 0.2) is 0 Å². The Balaban J connectivity index is 1.74. The summed E-state index contributed by atoms with van der Waals surface area (Å²) in [5.74, 6) is -0.191. The van der Waals surface area contributed by atoms with Crippen LogP contribution in [0.15, 0.2) is 47.4 Å². The van der Waals surface area contributed by atoms with Gasteiger partial charge in [0.25, 0.3) is 5.91 Å². The number of aryl methyl sites for hydroxylation is 1. The number of carbonyl (C=O) groups excluding carboxylic acids is 1. The summed E-state index contributed by atoms with van der Waals surface area (Å²) >= 11 is 0. The predicted molar refractivity (Wildman–Crippen MR) is 124 cm³/mol. The average Bonchev–Trinajstić information content (AvgIpc) is 3.33. The van der Waals surface area contributed by atoms with Gasteiger partial charge in [0, 0.05) is 44.6 Å². The van der Waals surface area contributed by atoms with Crippen LogP contribution >= 0.6 is 0 Å². The third-order valence-electron chi connectivity index (χ3n) is 6.29. The first-order valence-electron chi connectivity index (χ1n) is 11.1. The van der Waals surface area contributed by atoms with E-state index >= 15 is 0 Å². The first-order chi connectivity index (χ1) is 14.9. The zero-order valence-corrected chi connectivity index (χ0v) is 19.2. The van der Waals surface area contributed by atoms with Gasteiger partial charge in [0.1, 0.15) is 0 Å². The molecule has 31 heavy (non-hydrogen) atoms. The lowest BCUT2D eigenvalue weighted by Gasteiger charge is -2.28. The zero-order chi connectivity index (χ0) is 22.0. The Morgan fingerprint density at radius 2 is 1.58 bits per heavy atom. The van der Waals surface area contributed by atoms with E-state index in [0.717, 1.165) is 62.1 Å². The molecule has 2 aromatic rings. The lowest BCUT2D eigenvalue weighted by Crippen LogP contribution is -2.36. The average molecular weight is 442 g/mol. The highest BCUT2D eigenvalue weighted by Gasteiger charge is 2.29. The molecule has 6 nitrogen and oxygen atoms in total. The number of benzene rings is 2. The van der Waals surface area contributed by atoms with Crippen molar-refractivity contribution in [3.8, 4) is 0 Å². The van der Waals surface area contributed by atoms with E-state index in [4.69, 9.17) is 0 Å². The van der Waals surface area contributed by atoms with Crippen molar-refractivity contribution in [2.45, 2.75) is 43.9 Å². The van der Waals surface area contributed by atoms with Crippen molar-refractivity contribution in [2.24, 2.45) is 0 Å². The summed E-state index contributed by atoms with van der Waals surface area (Å²) in [5, 5.41) is 0. The number of carbonyl (C=O) groups is 1. The van der Waals surface area contributed by atoms with Gasteiger partial charge in [0.05, 0.1) is 10.5 Å². The molecular formula is C24H31N3O3S. The Morgan fingerprint density at radius 1 is 0.903 bits per heavy atom. The van der Waals surface area contributed by atoms with E-state index < -0.39 is 10.0 Å². The van der Waals surface area contributed by atoms with E-state index in [1.807, 2.05) is 37.3 Å². The van der Waals surface area contributed by atoms with Crippen molar-refractivity contribution in [2.75, 3.05) is 43.0 Å². The molecule has 1 amide bonds. The third kappa shape index (κ3) is 4.48. The summed E-state index contributed by atoms with van der Waals surface area (Å²) in [7, 11) is -1.86. The number of anilines is 2. The maximum Gasteiger partial charge on any atom is 0.260 e. The van der Waals surface area contributed by atoms with Crippen molar-refractivity contribution in [3.05, 3.63) is 53.6 Å². The minimum atomic E-state index is -3.61. The second-order valence-electron chi connectivity index (χ2n) is 8.54. The minimum absolute atomic E-state index is 0.191. The van der Waals surface area contributed by atoms with Crippen LogP contribution in [0.4, 0.5) is 11.4 Å². The molecule has 2 aliphatic rings. The van der Waals surface area contributed by atoms with Crippen LogP contribution in [0.3, 0.4) is 0 Å². The van der Waals surface area contributed by atoms with Gasteiger partial charge in [-0.25, -0.2) is 8.42 Å². The van der Waals surface area contributed by atoms with Gasteiger partial charge in [-0.2, -0.15) is 4.31 Å². The molecule has 2 saturated heterocycles. The standard InChI is InChI=1S/C24H31N3O3S/c1-19-9-8-10-20(17-19)25(2)24(28)22-18-21(11-12-23(22)26-13-6-7-14-26)31(29,30)27-15-4-3-5-16-27/h8-12,17-18H,3-7,13-16H2,1-2H3. The quantitative estimate of drug-likeness (QED) is 0.702. The monoisotopic (exact) mass is 441 g/mol. The van der Waals surface area contributed by atoms with Crippen LogP contribution in [0, 0.1) is 6.92 Å². The molecule has 2 heterocycles. The summed E-state index contributed by atoms with van der Waals surface area (Å²) < 4.78 is 28.1. The number of hydrogen-bond donors (Lipinski definition) is 0. The Morgan fingerprint density at radius 3 is 2.26 bits per heavy atom. The molecule has 7 heteroatoms. The zero-order valence-electron chi connectivity index (χ0n) is 18.4. The molecule has 0 radical (unpaired) electrons. The van der Waals surface area contributed by atoms with Gasteiger partial charge in [-0.05, 0) is 68.5 Å². The fraction of sp³-hybridized carbons (Fsp3) is 0.458. The fourth-order valence-electron chi connectivity index (χ4n) is 4.47. The van der Waals surface area contributed by atoms with Crippen LogP contribution < -0.4 is 9.80 Å². The van der Waals surface area contributed by atoms with Crippen LogP contribution in [0.5, 0.6) is 0 Å². The van der Waals surface area contributed by atoms with Gasteiger partial charge < -0.3 is 9.80 Å². The summed E-state index contributed by atoms with van der Waals surface area (Å²) in [4.78, 5) is 17.6. The lowest BCUT2D eigenvalue weighted by molar-refractivity contribution is 0.0993. The van der Waals surface area contributed by atoms with E-state index in [-0.39, 0.29) is 10.8 Å². The Bertz CT molecular complexity index is 1060. The molecule has 0 bridgehead atoms. The highest BCUT2D eigenvalue weighted by molar-refractivity contribution is 7.89. The molecule has 166 valence electrons. The summed E-state index contributed by atoms with van der Waals surface area (Å²) in [6, 6.07) is 12.8. The van der Waals surface area contributed by atoms with Crippen molar-refractivity contribution in [1.82, 2.24) is 4.31 Å². The van der Waals surface area contributed by atoms with E-state index in [1.54, 1.807) is 28.4 Å². The molecule has 2 aromatic carbocycles. The largest absolute Gasteiger partial charge is 0.371 e. The molecule has 2 aliphatic heterocycles. The normalized spacial score (nSPS) is 17.7. The van der Waals surface area contributed by atoms with E-state index in [1.165, 1.54) is 0 Å². The molecule has 0 aromatic heterocycles. The molecule has 0 N–H and O–H groups in total. The van der Waals surface area contributed by atoms with Gasteiger partial charge in [-0.1, -0.05) is 18.6 Å². The van der Waals surface area contributed by atoms with E-state index in [9.17, 15) is 13.2 Å². The summed E-state index contributed by atoms with van der Waals surface area (Å²) in [6.07, 6.45) is 4.98. The van der Waals surface area contributed by atoms with Crippen LogP contribution in [-0.2, 0) is 10.0 Å². The second kappa shape index (κ2) is 9.01. The van der Waals surface area contributed by atoms with E-state index in [2.05, 4.69) is 4.90 Å². The van der Waals surface area contributed by atoms with Crippen molar-refractivity contribution < 1.29 is 13.2 Å².